The van der Waals surface area contributed by atoms with Crippen LogP contribution >= 0.6 is 0 Å². The smallest absolute Gasteiger partial charge is 0.256 e. The van der Waals surface area contributed by atoms with E-state index in [0.29, 0.717) is 17.3 Å². The molecule has 3 aromatic rings. The Morgan fingerprint density at radius 3 is 2.58 bits per heavy atom. The minimum atomic E-state index is -0.143. The number of para-hydroxylation sites is 2. The second-order valence-corrected chi connectivity index (χ2v) is 5.27. The van der Waals surface area contributed by atoms with Gasteiger partial charge in [0.25, 0.3) is 5.91 Å². The first kappa shape index (κ1) is 15.8. The van der Waals surface area contributed by atoms with Crippen molar-refractivity contribution < 1.29 is 14.3 Å². The number of allylic oxidation sites excluding steroid dienone is 1. The zero-order valence-electron chi connectivity index (χ0n) is 13.8. The van der Waals surface area contributed by atoms with Gasteiger partial charge in [-0.2, -0.15) is 0 Å². The molecule has 122 valence electrons. The highest BCUT2D eigenvalue weighted by Gasteiger charge is 2.11. The predicted molar refractivity (Wildman–Crippen MR) is 93.7 cm³/mol. The van der Waals surface area contributed by atoms with Crippen LogP contribution in [-0.2, 0) is 0 Å². The van der Waals surface area contributed by atoms with Crippen LogP contribution in [0.2, 0.25) is 0 Å². The Morgan fingerprint density at radius 2 is 1.83 bits per heavy atom. The fourth-order valence-electron chi connectivity index (χ4n) is 2.62. The number of aryl methyl sites for hydroxylation is 1. The van der Waals surface area contributed by atoms with E-state index in [2.05, 4.69) is 4.98 Å². The van der Waals surface area contributed by atoms with Gasteiger partial charge in [-0.15, -0.1) is 0 Å². The molecule has 3 rings (SSSR count). The second kappa shape index (κ2) is 6.58. The summed E-state index contributed by atoms with van der Waals surface area (Å²) < 4.78 is 12.1. The molecule has 0 saturated carbocycles. The van der Waals surface area contributed by atoms with Gasteiger partial charge >= 0.3 is 0 Å². The van der Waals surface area contributed by atoms with Crippen molar-refractivity contribution in [3.63, 3.8) is 0 Å². The Balaban J connectivity index is 1.91. The van der Waals surface area contributed by atoms with Gasteiger partial charge in [0.15, 0.2) is 11.5 Å². The maximum absolute atomic E-state index is 12.6. The third-order valence-corrected chi connectivity index (χ3v) is 3.77. The third-order valence-electron chi connectivity index (χ3n) is 3.77. The van der Waals surface area contributed by atoms with Gasteiger partial charge in [0, 0.05) is 6.08 Å². The van der Waals surface area contributed by atoms with E-state index in [1.807, 2.05) is 43.3 Å². The van der Waals surface area contributed by atoms with Crippen molar-refractivity contribution in [2.45, 2.75) is 6.92 Å². The summed E-state index contributed by atoms with van der Waals surface area (Å²) in [7, 11) is 3.17. The van der Waals surface area contributed by atoms with Gasteiger partial charge in [-0.3, -0.25) is 9.36 Å². The average Bonchev–Trinajstić information content (AvgIpc) is 2.95. The van der Waals surface area contributed by atoms with Crippen LogP contribution in [0.4, 0.5) is 0 Å². The molecule has 0 unspecified atom stereocenters. The summed E-state index contributed by atoms with van der Waals surface area (Å²) in [5.41, 5.74) is 2.46. The summed E-state index contributed by atoms with van der Waals surface area (Å²) in [6, 6.07) is 13.1. The minimum Gasteiger partial charge on any atom is -0.493 e. The minimum absolute atomic E-state index is 0.143. The molecule has 0 bridgehead atoms. The van der Waals surface area contributed by atoms with Gasteiger partial charge in [0.2, 0.25) is 0 Å². The summed E-state index contributed by atoms with van der Waals surface area (Å²) in [6.07, 6.45) is 3.28. The molecule has 1 aromatic heterocycles. The van der Waals surface area contributed by atoms with Crippen molar-refractivity contribution in [2.75, 3.05) is 14.2 Å². The number of benzene rings is 2. The van der Waals surface area contributed by atoms with Crippen LogP contribution in [0.25, 0.3) is 17.1 Å². The van der Waals surface area contributed by atoms with Gasteiger partial charge < -0.3 is 9.47 Å². The van der Waals surface area contributed by atoms with Gasteiger partial charge in [0.1, 0.15) is 5.82 Å². The standard InChI is InChI=1S/C19H18N2O3/c1-13-20-15-6-4-5-7-16(15)21(13)19(22)11-9-14-8-10-17(23-2)18(12-14)24-3/h4-12H,1-3H3/b11-9+. The summed E-state index contributed by atoms with van der Waals surface area (Å²) in [6.45, 7) is 1.82. The van der Waals surface area contributed by atoms with Gasteiger partial charge in [0.05, 0.1) is 25.3 Å². The number of aromatic nitrogens is 2. The fraction of sp³-hybridized carbons (Fsp3) is 0.158. The van der Waals surface area contributed by atoms with Crippen molar-refractivity contribution >= 4 is 23.0 Å². The first-order valence-electron chi connectivity index (χ1n) is 7.52. The van der Waals surface area contributed by atoms with Crippen molar-refractivity contribution in [3.05, 3.63) is 59.9 Å². The Bertz CT molecular complexity index is 926. The van der Waals surface area contributed by atoms with Gasteiger partial charge in [-0.05, 0) is 42.8 Å². The van der Waals surface area contributed by atoms with Gasteiger partial charge in [-0.25, -0.2) is 4.98 Å². The van der Waals surface area contributed by atoms with Crippen molar-refractivity contribution in [1.82, 2.24) is 9.55 Å². The Hall–Kier alpha value is -3.08. The second-order valence-electron chi connectivity index (χ2n) is 5.27. The number of carbonyl (C=O) groups is 1. The molecular weight excluding hydrogens is 304 g/mol. The molecule has 5 nitrogen and oxygen atoms in total. The number of ether oxygens (including phenoxy) is 2. The maximum atomic E-state index is 12.6. The number of nitrogens with zero attached hydrogens (tertiary/aromatic N) is 2. The lowest BCUT2D eigenvalue weighted by atomic mass is 10.2. The molecule has 0 atom stereocenters. The zero-order chi connectivity index (χ0) is 17.1. The van der Waals surface area contributed by atoms with Crippen molar-refractivity contribution in [2.24, 2.45) is 0 Å². The van der Waals surface area contributed by atoms with Gasteiger partial charge in [-0.1, -0.05) is 18.2 Å². The fourth-order valence-corrected chi connectivity index (χ4v) is 2.62. The van der Waals surface area contributed by atoms with Crippen LogP contribution in [0, 0.1) is 6.92 Å². The van der Waals surface area contributed by atoms with E-state index in [1.165, 1.54) is 6.08 Å². The molecule has 1 heterocycles. The maximum Gasteiger partial charge on any atom is 0.256 e. The number of imidazole rings is 1. The number of fused-ring (bicyclic) bond motifs is 1. The van der Waals surface area contributed by atoms with Crippen molar-refractivity contribution in [1.29, 1.82) is 0 Å². The number of rotatable bonds is 4. The average molecular weight is 322 g/mol. The van der Waals surface area contributed by atoms with E-state index in [-0.39, 0.29) is 5.91 Å². The molecule has 0 amide bonds. The Morgan fingerprint density at radius 1 is 1.08 bits per heavy atom. The lowest BCUT2D eigenvalue weighted by Gasteiger charge is -2.07. The number of hydrogen-bond donors (Lipinski definition) is 0. The highest BCUT2D eigenvalue weighted by atomic mass is 16.5. The normalized spacial score (nSPS) is 11.1. The number of hydrogen-bond acceptors (Lipinski definition) is 4. The molecule has 5 heteroatoms. The Kier molecular flexibility index (Phi) is 4.33. The first-order valence-corrected chi connectivity index (χ1v) is 7.52. The monoisotopic (exact) mass is 322 g/mol. The van der Waals surface area contributed by atoms with Crippen LogP contribution < -0.4 is 9.47 Å². The number of methoxy groups -OCH3 is 2. The lowest BCUT2D eigenvalue weighted by Crippen LogP contribution is -2.08. The van der Waals surface area contributed by atoms with Crippen LogP contribution in [0.1, 0.15) is 16.2 Å². The van der Waals surface area contributed by atoms with Crippen LogP contribution in [0.15, 0.2) is 48.5 Å². The Labute approximate surface area is 140 Å². The molecule has 24 heavy (non-hydrogen) atoms. The topological polar surface area (TPSA) is 53.4 Å². The molecule has 0 aliphatic heterocycles. The van der Waals surface area contributed by atoms with E-state index in [1.54, 1.807) is 30.9 Å². The third kappa shape index (κ3) is 2.88. The molecule has 2 aromatic carbocycles. The van der Waals surface area contributed by atoms with E-state index in [0.717, 1.165) is 16.6 Å². The molecule has 0 aliphatic carbocycles. The van der Waals surface area contributed by atoms with Crippen LogP contribution in [-0.4, -0.2) is 29.7 Å². The first-order chi connectivity index (χ1) is 11.6. The quantitative estimate of drug-likeness (QED) is 0.687. The molecule has 0 spiro atoms. The largest absolute Gasteiger partial charge is 0.493 e. The van der Waals surface area contributed by atoms with E-state index >= 15 is 0 Å². The van der Waals surface area contributed by atoms with Crippen LogP contribution in [0.5, 0.6) is 11.5 Å². The summed E-state index contributed by atoms with van der Waals surface area (Å²) in [5, 5.41) is 0. The van der Waals surface area contributed by atoms with E-state index < -0.39 is 0 Å². The highest BCUT2D eigenvalue weighted by Crippen LogP contribution is 2.28. The van der Waals surface area contributed by atoms with Crippen LogP contribution in [0.3, 0.4) is 0 Å². The molecule has 0 fully saturated rings. The number of carbonyl (C=O) groups excluding carboxylic acids is 1. The predicted octanol–water partition coefficient (Wildman–Crippen LogP) is 3.72. The molecule has 0 aliphatic rings. The highest BCUT2D eigenvalue weighted by molar-refractivity contribution is 5.99. The summed E-state index contributed by atoms with van der Waals surface area (Å²) in [5.74, 6) is 1.79. The summed E-state index contributed by atoms with van der Waals surface area (Å²) >= 11 is 0. The molecule has 0 radical (unpaired) electrons. The molecular formula is C19H18N2O3. The van der Waals surface area contributed by atoms with E-state index in [9.17, 15) is 4.79 Å². The SMILES string of the molecule is COc1ccc(/C=C/C(=O)n2c(C)nc3ccccc32)cc1OC. The van der Waals surface area contributed by atoms with E-state index in [4.69, 9.17) is 9.47 Å². The zero-order valence-corrected chi connectivity index (χ0v) is 13.8. The lowest BCUT2D eigenvalue weighted by molar-refractivity contribution is 0.0972. The summed E-state index contributed by atoms with van der Waals surface area (Å²) in [4.78, 5) is 17.0. The van der Waals surface area contributed by atoms with Crippen molar-refractivity contribution in [3.8, 4) is 11.5 Å². The molecule has 0 N–H and O–H groups in total. The molecule has 0 saturated heterocycles.